The zero-order valence-electron chi connectivity index (χ0n) is 10.7. The summed E-state index contributed by atoms with van der Waals surface area (Å²) in [5.41, 5.74) is 6.99. The molecule has 1 aromatic rings. The molecule has 1 aliphatic rings. The summed E-state index contributed by atoms with van der Waals surface area (Å²) in [5, 5.41) is 0. The Hall–Kier alpha value is -0.580. The van der Waals surface area contributed by atoms with Crippen LogP contribution in [0.5, 0.6) is 5.75 Å². The Morgan fingerprint density at radius 2 is 2.22 bits per heavy atom. The van der Waals surface area contributed by atoms with Crippen molar-refractivity contribution in [2.75, 3.05) is 13.4 Å². The molecule has 0 bridgehead atoms. The lowest BCUT2D eigenvalue weighted by Gasteiger charge is -2.11. The highest BCUT2D eigenvalue weighted by Gasteiger charge is 2.21. The Bertz CT molecular complexity index is 391. The highest BCUT2D eigenvalue weighted by Crippen LogP contribution is 2.29. The van der Waals surface area contributed by atoms with Gasteiger partial charge in [-0.2, -0.15) is 0 Å². The molecule has 18 heavy (non-hydrogen) atoms. The van der Waals surface area contributed by atoms with Crippen LogP contribution in [0.2, 0.25) is 0 Å². The van der Waals surface area contributed by atoms with Gasteiger partial charge < -0.3 is 15.2 Å². The fraction of sp³-hybridized carbons (Fsp3) is 0.571. The lowest BCUT2D eigenvalue weighted by Crippen LogP contribution is -2.18. The SMILES string of the molecule is CC(N)Cc1cc(OCOCC2CC2)ccc1Br. The number of hydrogen-bond acceptors (Lipinski definition) is 3. The molecule has 0 radical (unpaired) electrons. The first-order chi connectivity index (χ1) is 8.65. The van der Waals surface area contributed by atoms with E-state index in [4.69, 9.17) is 15.2 Å². The van der Waals surface area contributed by atoms with Gasteiger partial charge in [0.25, 0.3) is 0 Å². The van der Waals surface area contributed by atoms with Crippen molar-refractivity contribution in [1.82, 2.24) is 0 Å². The highest BCUT2D eigenvalue weighted by atomic mass is 79.9. The van der Waals surface area contributed by atoms with E-state index in [1.165, 1.54) is 18.4 Å². The predicted molar refractivity (Wildman–Crippen MR) is 75.7 cm³/mol. The molecule has 3 nitrogen and oxygen atoms in total. The van der Waals surface area contributed by atoms with Gasteiger partial charge in [-0.1, -0.05) is 15.9 Å². The molecule has 1 aliphatic carbocycles. The van der Waals surface area contributed by atoms with E-state index in [0.717, 1.165) is 29.2 Å². The van der Waals surface area contributed by atoms with Gasteiger partial charge >= 0.3 is 0 Å². The Morgan fingerprint density at radius 3 is 2.89 bits per heavy atom. The average molecular weight is 314 g/mol. The Balaban J connectivity index is 1.82. The molecule has 2 N–H and O–H groups in total. The summed E-state index contributed by atoms with van der Waals surface area (Å²) in [4.78, 5) is 0. The monoisotopic (exact) mass is 313 g/mol. The van der Waals surface area contributed by atoms with Crippen LogP contribution in [-0.2, 0) is 11.2 Å². The third-order valence-corrected chi connectivity index (χ3v) is 3.69. The normalized spacial score (nSPS) is 16.6. The first-order valence-electron chi connectivity index (χ1n) is 6.39. The Kier molecular flexibility index (Phi) is 5.03. The fourth-order valence-electron chi connectivity index (χ4n) is 1.75. The van der Waals surface area contributed by atoms with Crippen LogP contribution in [0, 0.1) is 5.92 Å². The fourth-order valence-corrected chi connectivity index (χ4v) is 2.16. The van der Waals surface area contributed by atoms with Crippen molar-refractivity contribution >= 4 is 15.9 Å². The Morgan fingerprint density at radius 1 is 1.44 bits per heavy atom. The predicted octanol–water partition coefficient (Wildman–Crippen LogP) is 3.10. The van der Waals surface area contributed by atoms with E-state index >= 15 is 0 Å². The van der Waals surface area contributed by atoms with Crippen molar-refractivity contribution in [2.45, 2.75) is 32.2 Å². The van der Waals surface area contributed by atoms with Crippen molar-refractivity contribution in [3.8, 4) is 5.75 Å². The maximum absolute atomic E-state index is 5.82. The van der Waals surface area contributed by atoms with Gasteiger partial charge in [-0.05, 0) is 55.9 Å². The van der Waals surface area contributed by atoms with Crippen molar-refractivity contribution < 1.29 is 9.47 Å². The molecule has 100 valence electrons. The van der Waals surface area contributed by atoms with Gasteiger partial charge in [0.05, 0.1) is 6.61 Å². The minimum absolute atomic E-state index is 0.141. The summed E-state index contributed by atoms with van der Waals surface area (Å²) in [6.07, 6.45) is 3.44. The van der Waals surface area contributed by atoms with Gasteiger partial charge in [0.1, 0.15) is 5.75 Å². The quantitative estimate of drug-likeness (QED) is 0.621. The smallest absolute Gasteiger partial charge is 0.189 e. The van der Waals surface area contributed by atoms with Crippen LogP contribution in [0.4, 0.5) is 0 Å². The molecule has 0 amide bonds. The first kappa shape index (κ1) is 13.8. The minimum atomic E-state index is 0.141. The molecule has 1 atom stereocenters. The van der Waals surface area contributed by atoms with Crippen LogP contribution in [0.3, 0.4) is 0 Å². The minimum Gasteiger partial charge on any atom is -0.468 e. The Labute approximate surface area is 117 Å². The van der Waals surface area contributed by atoms with Crippen molar-refractivity contribution in [3.05, 3.63) is 28.2 Å². The molecule has 1 unspecified atom stereocenters. The summed E-state index contributed by atoms with van der Waals surface area (Å²) >= 11 is 3.53. The van der Waals surface area contributed by atoms with Crippen molar-refractivity contribution in [3.63, 3.8) is 0 Å². The van der Waals surface area contributed by atoms with Gasteiger partial charge in [0.2, 0.25) is 0 Å². The third-order valence-electron chi connectivity index (χ3n) is 2.92. The molecule has 0 aliphatic heterocycles. The average Bonchev–Trinajstić information content (AvgIpc) is 3.12. The maximum atomic E-state index is 5.82. The second-order valence-corrected chi connectivity index (χ2v) is 5.87. The van der Waals surface area contributed by atoms with Gasteiger partial charge in [-0.15, -0.1) is 0 Å². The number of benzene rings is 1. The summed E-state index contributed by atoms with van der Waals surface area (Å²) in [5.74, 6) is 1.61. The highest BCUT2D eigenvalue weighted by molar-refractivity contribution is 9.10. The van der Waals surface area contributed by atoms with Crippen LogP contribution in [0.15, 0.2) is 22.7 Å². The molecule has 4 heteroatoms. The third kappa shape index (κ3) is 4.59. The molecular weight excluding hydrogens is 294 g/mol. The van der Waals surface area contributed by atoms with Crippen molar-refractivity contribution in [1.29, 1.82) is 0 Å². The van der Waals surface area contributed by atoms with E-state index in [9.17, 15) is 0 Å². The van der Waals surface area contributed by atoms with E-state index in [1.54, 1.807) is 0 Å². The van der Waals surface area contributed by atoms with Crippen molar-refractivity contribution in [2.24, 2.45) is 11.7 Å². The molecule has 2 rings (SSSR count). The first-order valence-corrected chi connectivity index (χ1v) is 7.19. The lowest BCUT2D eigenvalue weighted by atomic mass is 10.1. The zero-order chi connectivity index (χ0) is 13.0. The number of ether oxygens (including phenoxy) is 2. The molecule has 1 aromatic carbocycles. The maximum Gasteiger partial charge on any atom is 0.189 e. The van der Waals surface area contributed by atoms with Gasteiger partial charge in [-0.25, -0.2) is 0 Å². The number of halogens is 1. The van der Waals surface area contributed by atoms with Crippen LogP contribution in [0.25, 0.3) is 0 Å². The molecule has 1 fully saturated rings. The molecular formula is C14H20BrNO2. The zero-order valence-corrected chi connectivity index (χ0v) is 12.3. The summed E-state index contributed by atoms with van der Waals surface area (Å²) in [6, 6.07) is 6.10. The topological polar surface area (TPSA) is 44.5 Å². The second kappa shape index (κ2) is 6.55. The molecule has 0 aromatic heterocycles. The van der Waals surface area contributed by atoms with Gasteiger partial charge in [0.15, 0.2) is 6.79 Å². The standard InChI is InChI=1S/C14H20BrNO2/c1-10(16)6-12-7-13(4-5-14(12)15)18-9-17-8-11-2-3-11/h4-5,7,10-11H,2-3,6,8-9,16H2,1H3. The van der Waals surface area contributed by atoms with E-state index in [0.29, 0.717) is 6.79 Å². The van der Waals surface area contributed by atoms with Crippen LogP contribution in [-0.4, -0.2) is 19.4 Å². The largest absolute Gasteiger partial charge is 0.468 e. The van der Waals surface area contributed by atoms with E-state index in [1.807, 2.05) is 25.1 Å². The lowest BCUT2D eigenvalue weighted by molar-refractivity contribution is 0.00994. The molecule has 1 saturated carbocycles. The number of nitrogens with two attached hydrogens (primary N) is 1. The van der Waals surface area contributed by atoms with Gasteiger partial charge in [-0.3, -0.25) is 0 Å². The van der Waals surface area contributed by atoms with Crippen LogP contribution < -0.4 is 10.5 Å². The molecule has 0 spiro atoms. The van der Waals surface area contributed by atoms with Crippen LogP contribution >= 0.6 is 15.9 Å². The van der Waals surface area contributed by atoms with E-state index in [2.05, 4.69) is 15.9 Å². The summed E-state index contributed by atoms with van der Waals surface area (Å²) in [6.45, 7) is 3.15. The van der Waals surface area contributed by atoms with Crippen LogP contribution in [0.1, 0.15) is 25.3 Å². The number of rotatable bonds is 7. The molecule has 0 heterocycles. The van der Waals surface area contributed by atoms with E-state index in [-0.39, 0.29) is 6.04 Å². The van der Waals surface area contributed by atoms with E-state index < -0.39 is 0 Å². The summed E-state index contributed by atoms with van der Waals surface area (Å²) < 4.78 is 12.1. The molecule has 0 saturated heterocycles. The van der Waals surface area contributed by atoms with Gasteiger partial charge in [0, 0.05) is 10.5 Å². The summed E-state index contributed by atoms with van der Waals surface area (Å²) in [7, 11) is 0. The number of hydrogen-bond donors (Lipinski definition) is 1. The second-order valence-electron chi connectivity index (χ2n) is 5.01.